The fourth-order valence-corrected chi connectivity index (χ4v) is 19.2. The highest BCUT2D eigenvalue weighted by molar-refractivity contribution is 6.21. The Bertz CT molecular complexity index is 8910. The largest absolute Gasteiger partial charge is 0.255 e. The van der Waals surface area contributed by atoms with Gasteiger partial charge in [0.15, 0.2) is 0 Å². The molecule has 11 heterocycles. The van der Waals surface area contributed by atoms with Gasteiger partial charge in [-0.1, -0.05) is 364 Å². The lowest BCUT2D eigenvalue weighted by Gasteiger charge is -2.17. The Kier molecular flexibility index (Phi) is 22.0. The topological polar surface area (TPSA) is 168 Å². The fraction of sp³-hybridized carbons (Fsp3) is 0. The maximum Gasteiger partial charge on any atom is 0.0973 e. The Morgan fingerprint density at radius 3 is 0.782 bits per heavy atom. The lowest BCUT2D eigenvalue weighted by Crippen LogP contribution is -2.01. The van der Waals surface area contributed by atoms with Crippen molar-refractivity contribution < 1.29 is 0 Å². The lowest BCUT2D eigenvalue weighted by atomic mass is 9.91. The number of aromatic nitrogens is 13. The Morgan fingerprint density at radius 1 is 0.120 bits per heavy atom. The smallest absolute Gasteiger partial charge is 0.0973 e. The van der Waals surface area contributed by atoms with Gasteiger partial charge in [0.2, 0.25) is 0 Å². The standard InChI is InChI=1S/C129H81N13/c1-5-27-82(28-6-1)83-50-58-92(59-51-83)125-126(95-64-54-85(55-65-95)101-77-115(109-43-17-20-72-130-109)136-116(78-101)110-44-18-21-73-131-110)141-127(122(139-125)91-35-11-4-12-36-91)99-40-24-38-97(76-99)108-47-26-49-114(135-108)118-80-102(79-117(137-118)111-45-19-22-74-132-111)86-56-62-94(63-57-86)124-121(90-33-9-3-10-34-90)138-120(89-31-7-2-8-32-89)123(140-124)93-60-52-84(53-61-93)100-68-71-112(133-81-100)113-48-25-46-107(134-113)96-37-23-39-98(75-96)119-105-69-66-87-29-13-15-41-103(87)128(105)142-129-104-42-16-14-30-88(104)67-70-106(119)129/h1-81H. The molecule has 0 aliphatic rings. The van der Waals surface area contributed by atoms with Crippen LogP contribution < -0.4 is 0 Å². The molecule has 14 aromatic carbocycles. The predicted molar refractivity (Wildman–Crippen MR) is 577 cm³/mol. The number of pyridine rings is 9. The average Bonchev–Trinajstić information content (AvgIpc) is 0.732. The Balaban J connectivity index is 0.532. The first-order valence-corrected chi connectivity index (χ1v) is 47.4. The highest BCUT2D eigenvalue weighted by Crippen LogP contribution is 2.46. The van der Waals surface area contributed by atoms with Crippen molar-refractivity contribution in [3.8, 4) is 225 Å². The molecule has 11 aromatic heterocycles. The molecule has 0 N–H and O–H groups in total. The van der Waals surface area contributed by atoms with Gasteiger partial charge in [0, 0.05) is 113 Å². The molecule has 0 bridgehead atoms. The number of nitrogens with zero attached hydrogens (tertiary/aromatic N) is 13. The van der Waals surface area contributed by atoms with E-state index in [4.69, 9.17) is 64.8 Å². The van der Waals surface area contributed by atoms with E-state index >= 15 is 0 Å². The Hall–Kier alpha value is -19.4. The summed E-state index contributed by atoms with van der Waals surface area (Å²) in [6.07, 6.45) is 7.33. The molecule has 0 fully saturated rings. The molecule has 0 saturated carbocycles. The van der Waals surface area contributed by atoms with Gasteiger partial charge in [-0.2, -0.15) is 0 Å². The van der Waals surface area contributed by atoms with Gasteiger partial charge in [0.1, 0.15) is 0 Å². The van der Waals surface area contributed by atoms with Crippen molar-refractivity contribution in [3.63, 3.8) is 0 Å². The lowest BCUT2D eigenvalue weighted by molar-refractivity contribution is 1.21. The van der Waals surface area contributed by atoms with Gasteiger partial charge >= 0.3 is 0 Å². The molecule has 0 amide bonds. The summed E-state index contributed by atoms with van der Waals surface area (Å²) in [5.41, 5.74) is 36.3. The summed E-state index contributed by atoms with van der Waals surface area (Å²) in [6.45, 7) is 0. The third-order valence-corrected chi connectivity index (χ3v) is 26.3. The van der Waals surface area contributed by atoms with Gasteiger partial charge in [0.25, 0.3) is 0 Å². The van der Waals surface area contributed by atoms with Gasteiger partial charge in [-0.3, -0.25) is 19.9 Å². The zero-order chi connectivity index (χ0) is 94.2. The second-order valence-electron chi connectivity index (χ2n) is 35.2. The number of hydrogen-bond donors (Lipinski definition) is 0. The minimum absolute atomic E-state index is 0.676. The summed E-state index contributed by atoms with van der Waals surface area (Å²) in [5.74, 6) is 0. The molecule has 13 nitrogen and oxygen atoms in total. The summed E-state index contributed by atoms with van der Waals surface area (Å²) in [5, 5.41) is 6.78. The van der Waals surface area contributed by atoms with Crippen LogP contribution in [0.25, 0.3) is 268 Å². The molecule has 25 rings (SSSR count). The second kappa shape index (κ2) is 37.0. The van der Waals surface area contributed by atoms with Crippen molar-refractivity contribution in [1.82, 2.24) is 64.8 Å². The maximum absolute atomic E-state index is 5.82. The van der Waals surface area contributed by atoms with E-state index in [-0.39, 0.29) is 0 Å². The molecule has 0 radical (unpaired) electrons. The van der Waals surface area contributed by atoms with Crippen molar-refractivity contribution in [2.75, 3.05) is 0 Å². The molecule has 13 heteroatoms. The molecular formula is C129H81N13. The SMILES string of the molecule is c1ccc(-c2ccc(-c3nc(-c4ccccc4)c(-c4cccc(-c5cccc(-c6cc(-c7ccc(-c8nc(-c9ccc(-c%10ccc(-c%11cccc(-c%12cccc(-c%13c%14ccc%15ccccc%15c%14nc%14c%13ccc%13ccccc%13%14)c%12)n%11)nc%10)cc9)c(-c9ccccc9)nc8-c8ccccc8)cc7)cc(-c7ccccn7)n6)n5)c4)nc3-c3ccc(-c4cc(-c5ccccn5)nc(-c5ccccn5)c4)cc3)cc2)cc1. The van der Waals surface area contributed by atoms with E-state index in [0.29, 0.717) is 22.8 Å². The first-order valence-electron chi connectivity index (χ1n) is 47.4. The molecule has 0 unspecified atom stereocenters. The van der Waals surface area contributed by atoms with Crippen LogP contribution in [0.2, 0.25) is 0 Å². The van der Waals surface area contributed by atoms with Crippen molar-refractivity contribution in [2.45, 2.75) is 0 Å². The first kappa shape index (κ1) is 84.4. The third-order valence-electron chi connectivity index (χ3n) is 26.3. The van der Waals surface area contributed by atoms with Crippen LogP contribution in [0.1, 0.15) is 0 Å². The van der Waals surface area contributed by atoms with Crippen molar-refractivity contribution >= 4 is 43.4 Å². The van der Waals surface area contributed by atoms with Gasteiger partial charge < -0.3 is 0 Å². The molecule has 25 aromatic rings. The highest BCUT2D eigenvalue weighted by Gasteiger charge is 2.26. The van der Waals surface area contributed by atoms with Crippen LogP contribution in [0.3, 0.4) is 0 Å². The van der Waals surface area contributed by atoms with Gasteiger partial charge in [0.05, 0.1) is 125 Å². The van der Waals surface area contributed by atoms with Crippen molar-refractivity contribution in [1.29, 1.82) is 0 Å². The second-order valence-corrected chi connectivity index (χ2v) is 35.2. The maximum atomic E-state index is 5.82. The molecule has 0 aliphatic heterocycles. The highest BCUT2D eigenvalue weighted by atomic mass is 14.9. The molecule has 662 valence electrons. The molecule has 0 atom stereocenters. The predicted octanol–water partition coefficient (Wildman–Crippen LogP) is 31.8. The monoisotopic (exact) mass is 1810 g/mol. The number of hydrogen-bond acceptors (Lipinski definition) is 13. The van der Waals surface area contributed by atoms with Crippen LogP contribution in [0.5, 0.6) is 0 Å². The van der Waals surface area contributed by atoms with Crippen LogP contribution in [-0.4, -0.2) is 64.8 Å². The molecule has 0 spiro atoms. The number of benzene rings is 14. The summed E-state index contributed by atoms with van der Waals surface area (Å²) in [7, 11) is 0. The summed E-state index contributed by atoms with van der Waals surface area (Å²) in [6, 6.07) is 162. The molecular weight excluding hydrogens is 1730 g/mol. The molecule has 142 heavy (non-hydrogen) atoms. The van der Waals surface area contributed by atoms with Crippen LogP contribution in [0.4, 0.5) is 0 Å². The zero-order valence-electron chi connectivity index (χ0n) is 76.6. The average molecular weight is 1810 g/mol. The minimum Gasteiger partial charge on any atom is -0.255 e. The Labute approximate surface area is 819 Å². The summed E-state index contributed by atoms with van der Waals surface area (Å²) < 4.78 is 0. The van der Waals surface area contributed by atoms with E-state index in [0.717, 1.165) is 246 Å². The van der Waals surface area contributed by atoms with Crippen LogP contribution >= 0.6 is 0 Å². The van der Waals surface area contributed by atoms with E-state index < -0.39 is 0 Å². The van der Waals surface area contributed by atoms with E-state index in [1.54, 1.807) is 18.6 Å². The zero-order valence-corrected chi connectivity index (χ0v) is 76.6. The van der Waals surface area contributed by atoms with Crippen LogP contribution in [0.15, 0.2) is 492 Å². The third kappa shape index (κ3) is 16.6. The van der Waals surface area contributed by atoms with Crippen molar-refractivity contribution in [3.05, 3.63) is 492 Å². The van der Waals surface area contributed by atoms with E-state index in [1.807, 2.05) is 97.2 Å². The fourth-order valence-electron chi connectivity index (χ4n) is 19.2. The van der Waals surface area contributed by atoms with E-state index in [2.05, 4.69) is 376 Å². The first-order chi connectivity index (χ1) is 70.3. The number of rotatable bonds is 20. The van der Waals surface area contributed by atoms with Gasteiger partial charge in [-0.15, -0.1) is 0 Å². The quantitative estimate of drug-likeness (QED) is 0.0523. The van der Waals surface area contributed by atoms with E-state index in [1.165, 1.54) is 0 Å². The Morgan fingerprint density at radius 2 is 0.387 bits per heavy atom. The van der Waals surface area contributed by atoms with E-state index in [9.17, 15) is 0 Å². The number of fused-ring (bicyclic) bond motifs is 6. The summed E-state index contributed by atoms with van der Waals surface area (Å²) in [4.78, 5) is 69.0. The molecule has 0 aliphatic carbocycles. The summed E-state index contributed by atoms with van der Waals surface area (Å²) >= 11 is 0. The van der Waals surface area contributed by atoms with Crippen LogP contribution in [-0.2, 0) is 0 Å². The minimum atomic E-state index is 0.676. The van der Waals surface area contributed by atoms with Crippen LogP contribution in [0, 0.1) is 0 Å². The normalized spacial score (nSPS) is 11.4. The molecule has 0 saturated heterocycles. The van der Waals surface area contributed by atoms with Crippen molar-refractivity contribution in [2.24, 2.45) is 0 Å². The van der Waals surface area contributed by atoms with Gasteiger partial charge in [-0.25, -0.2) is 44.9 Å². The van der Waals surface area contributed by atoms with Gasteiger partial charge in [-0.05, 0) is 158 Å².